The second-order valence-electron chi connectivity index (χ2n) is 4.60. The van der Waals surface area contributed by atoms with Crippen molar-refractivity contribution in [3.05, 3.63) is 33.9 Å². The number of hydrogen-bond acceptors (Lipinski definition) is 5. The Bertz CT molecular complexity index is 505. The van der Waals surface area contributed by atoms with Crippen LogP contribution in [0.4, 0.5) is 11.4 Å². The van der Waals surface area contributed by atoms with Gasteiger partial charge in [-0.25, -0.2) is 0 Å². The van der Waals surface area contributed by atoms with E-state index >= 15 is 0 Å². The Labute approximate surface area is 124 Å². The molecule has 1 N–H and O–H groups in total. The predicted octanol–water partition coefficient (Wildman–Crippen LogP) is 2.14. The molecular formula is C14H21N3O4. The summed E-state index contributed by atoms with van der Waals surface area (Å²) in [6, 6.07) is 4.51. The first-order chi connectivity index (χ1) is 10.0. The van der Waals surface area contributed by atoms with E-state index < -0.39 is 4.92 Å². The fourth-order valence-electron chi connectivity index (χ4n) is 1.84. The minimum absolute atomic E-state index is 0.0885. The molecule has 7 heteroatoms. The zero-order chi connectivity index (χ0) is 15.8. The maximum absolute atomic E-state index is 12.4. The number of nitro benzene ring substituents is 1. The molecule has 0 aliphatic carbocycles. The lowest BCUT2D eigenvalue weighted by atomic mass is 10.1. The number of para-hydroxylation sites is 1. The van der Waals surface area contributed by atoms with Crippen LogP contribution >= 0.6 is 0 Å². The standard InChI is InChI=1S/C14H21N3O4/c1-4-8-15-13-11(6-5-7-12(13)17(19)20)14(18)16(2)9-10-21-3/h5-7,15H,4,8-10H2,1-3H3. The second-order valence-corrected chi connectivity index (χ2v) is 4.60. The highest BCUT2D eigenvalue weighted by Crippen LogP contribution is 2.29. The predicted molar refractivity (Wildman–Crippen MR) is 80.7 cm³/mol. The number of hydrogen-bond donors (Lipinski definition) is 1. The van der Waals surface area contributed by atoms with Crippen molar-refractivity contribution in [1.29, 1.82) is 0 Å². The molecule has 0 spiro atoms. The maximum atomic E-state index is 12.4. The molecule has 116 valence electrons. The molecule has 7 nitrogen and oxygen atoms in total. The number of anilines is 1. The smallest absolute Gasteiger partial charge is 0.293 e. The third kappa shape index (κ3) is 4.42. The van der Waals surface area contributed by atoms with Gasteiger partial charge in [0.15, 0.2) is 0 Å². The Morgan fingerprint density at radius 3 is 2.76 bits per heavy atom. The molecule has 0 heterocycles. The maximum Gasteiger partial charge on any atom is 0.293 e. The third-order valence-corrected chi connectivity index (χ3v) is 3.00. The number of carbonyl (C=O) groups excluding carboxylic acids is 1. The number of benzene rings is 1. The summed E-state index contributed by atoms with van der Waals surface area (Å²) in [5.41, 5.74) is 0.490. The molecule has 0 radical (unpaired) electrons. The van der Waals surface area contributed by atoms with E-state index in [1.54, 1.807) is 20.2 Å². The topological polar surface area (TPSA) is 84.7 Å². The molecule has 1 amide bonds. The number of likely N-dealkylation sites (N-methyl/N-ethyl adjacent to an activating group) is 1. The van der Waals surface area contributed by atoms with E-state index in [9.17, 15) is 14.9 Å². The molecule has 0 aromatic heterocycles. The molecule has 0 saturated carbocycles. The highest BCUT2D eigenvalue weighted by molar-refractivity contribution is 6.01. The van der Waals surface area contributed by atoms with Crippen LogP contribution in [0, 0.1) is 10.1 Å². The number of methoxy groups -OCH3 is 1. The van der Waals surface area contributed by atoms with Gasteiger partial charge in [-0.15, -0.1) is 0 Å². The molecule has 0 bridgehead atoms. The summed E-state index contributed by atoms with van der Waals surface area (Å²) in [5.74, 6) is -0.269. The minimum atomic E-state index is -0.482. The number of carbonyl (C=O) groups is 1. The van der Waals surface area contributed by atoms with Crippen molar-refractivity contribution in [1.82, 2.24) is 4.90 Å². The molecule has 0 fully saturated rings. The number of rotatable bonds is 8. The summed E-state index contributed by atoms with van der Waals surface area (Å²) >= 11 is 0. The van der Waals surface area contributed by atoms with Crippen LogP contribution in [0.1, 0.15) is 23.7 Å². The summed E-state index contributed by atoms with van der Waals surface area (Å²) in [4.78, 5) is 24.5. The summed E-state index contributed by atoms with van der Waals surface area (Å²) < 4.78 is 4.94. The first-order valence-corrected chi connectivity index (χ1v) is 6.78. The normalized spacial score (nSPS) is 10.2. The van der Waals surface area contributed by atoms with Crippen molar-refractivity contribution in [2.24, 2.45) is 0 Å². The highest BCUT2D eigenvalue weighted by Gasteiger charge is 2.23. The molecule has 21 heavy (non-hydrogen) atoms. The van der Waals surface area contributed by atoms with Gasteiger partial charge in [0.05, 0.1) is 17.1 Å². The van der Waals surface area contributed by atoms with E-state index in [4.69, 9.17) is 4.74 Å². The SMILES string of the molecule is CCCNc1c(C(=O)N(C)CCOC)cccc1[N+](=O)[O-]. The van der Waals surface area contributed by atoms with Crippen LogP contribution in [0.5, 0.6) is 0 Å². The summed E-state index contributed by atoms with van der Waals surface area (Å²) in [5, 5.41) is 14.1. The Kier molecular flexibility index (Phi) is 6.61. The van der Waals surface area contributed by atoms with E-state index in [1.165, 1.54) is 17.0 Å². The molecule has 1 aromatic carbocycles. The van der Waals surface area contributed by atoms with Gasteiger partial charge in [-0.2, -0.15) is 0 Å². The first kappa shape index (κ1) is 16.9. The second kappa shape index (κ2) is 8.21. The van der Waals surface area contributed by atoms with Crippen molar-refractivity contribution in [2.75, 3.05) is 39.2 Å². The van der Waals surface area contributed by atoms with Gasteiger partial charge in [0.1, 0.15) is 5.69 Å². The van der Waals surface area contributed by atoms with Gasteiger partial charge in [0.2, 0.25) is 0 Å². The van der Waals surface area contributed by atoms with Crippen LogP contribution < -0.4 is 5.32 Å². The molecule has 0 aliphatic heterocycles. The quantitative estimate of drug-likeness (QED) is 0.586. The van der Waals surface area contributed by atoms with E-state index in [2.05, 4.69) is 5.32 Å². The van der Waals surface area contributed by atoms with Crippen LogP contribution in [0.15, 0.2) is 18.2 Å². The van der Waals surface area contributed by atoms with Gasteiger partial charge in [-0.3, -0.25) is 14.9 Å². The van der Waals surface area contributed by atoms with Gasteiger partial charge in [-0.05, 0) is 12.5 Å². The fourth-order valence-corrected chi connectivity index (χ4v) is 1.84. The summed E-state index contributed by atoms with van der Waals surface area (Å²) in [7, 11) is 3.20. The molecular weight excluding hydrogens is 274 g/mol. The average Bonchev–Trinajstić information content (AvgIpc) is 2.49. The first-order valence-electron chi connectivity index (χ1n) is 6.78. The number of ether oxygens (including phenoxy) is 1. The third-order valence-electron chi connectivity index (χ3n) is 3.00. The Morgan fingerprint density at radius 2 is 2.19 bits per heavy atom. The zero-order valence-corrected chi connectivity index (χ0v) is 12.6. The minimum Gasteiger partial charge on any atom is -0.383 e. The van der Waals surface area contributed by atoms with E-state index in [0.29, 0.717) is 25.3 Å². The number of amides is 1. The van der Waals surface area contributed by atoms with Crippen molar-refractivity contribution >= 4 is 17.3 Å². The lowest BCUT2D eigenvalue weighted by Crippen LogP contribution is -2.30. The molecule has 1 aromatic rings. The molecule has 0 saturated heterocycles. The van der Waals surface area contributed by atoms with Crippen LogP contribution in [0.25, 0.3) is 0 Å². The van der Waals surface area contributed by atoms with Crippen LogP contribution in [-0.4, -0.2) is 49.6 Å². The van der Waals surface area contributed by atoms with Gasteiger partial charge >= 0.3 is 0 Å². The number of nitrogens with one attached hydrogen (secondary N) is 1. The van der Waals surface area contributed by atoms with E-state index in [0.717, 1.165) is 6.42 Å². The molecule has 0 atom stereocenters. The fraction of sp³-hybridized carbons (Fsp3) is 0.500. The number of nitrogens with zero attached hydrogens (tertiary/aromatic N) is 2. The molecule has 0 unspecified atom stereocenters. The molecule has 1 rings (SSSR count). The number of nitro groups is 1. The Balaban J connectivity index is 3.12. The van der Waals surface area contributed by atoms with Crippen molar-refractivity contribution in [2.45, 2.75) is 13.3 Å². The lowest BCUT2D eigenvalue weighted by Gasteiger charge is -2.19. The lowest BCUT2D eigenvalue weighted by molar-refractivity contribution is -0.384. The Hall–Kier alpha value is -2.15. The summed E-state index contributed by atoms with van der Waals surface area (Å²) in [6.07, 6.45) is 0.805. The van der Waals surface area contributed by atoms with Gasteiger partial charge in [0.25, 0.3) is 11.6 Å². The van der Waals surface area contributed by atoms with Crippen molar-refractivity contribution < 1.29 is 14.5 Å². The Morgan fingerprint density at radius 1 is 1.48 bits per heavy atom. The van der Waals surface area contributed by atoms with Crippen molar-refractivity contribution in [3.63, 3.8) is 0 Å². The van der Waals surface area contributed by atoms with Gasteiger partial charge in [0, 0.05) is 33.3 Å². The summed E-state index contributed by atoms with van der Waals surface area (Å²) in [6.45, 7) is 3.35. The van der Waals surface area contributed by atoms with E-state index in [-0.39, 0.29) is 17.3 Å². The van der Waals surface area contributed by atoms with Crippen molar-refractivity contribution in [3.8, 4) is 0 Å². The largest absolute Gasteiger partial charge is 0.383 e. The van der Waals surface area contributed by atoms with E-state index in [1.807, 2.05) is 6.92 Å². The monoisotopic (exact) mass is 295 g/mol. The van der Waals surface area contributed by atoms with Gasteiger partial charge < -0.3 is 15.0 Å². The average molecular weight is 295 g/mol. The molecule has 0 aliphatic rings. The van der Waals surface area contributed by atoms with Gasteiger partial charge in [-0.1, -0.05) is 13.0 Å². The zero-order valence-electron chi connectivity index (χ0n) is 12.6. The van der Waals surface area contributed by atoms with Crippen LogP contribution in [0.2, 0.25) is 0 Å². The van der Waals surface area contributed by atoms with Crippen LogP contribution in [0.3, 0.4) is 0 Å². The van der Waals surface area contributed by atoms with Crippen LogP contribution in [-0.2, 0) is 4.74 Å². The highest BCUT2D eigenvalue weighted by atomic mass is 16.6.